The molecule has 0 radical (unpaired) electrons. The van der Waals surface area contributed by atoms with Gasteiger partial charge in [-0.15, -0.1) is 0 Å². The number of rotatable bonds is 2. The van der Waals surface area contributed by atoms with Gasteiger partial charge in [-0.25, -0.2) is 4.21 Å². The Hall–Kier alpha value is 0.0300. The van der Waals surface area contributed by atoms with Crippen LogP contribution in [0.15, 0.2) is 0 Å². The molecule has 1 aliphatic heterocycles. The second-order valence-electron chi connectivity index (χ2n) is 3.43. The van der Waals surface area contributed by atoms with Crippen molar-refractivity contribution in [3.8, 4) is 0 Å². The van der Waals surface area contributed by atoms with E-state index in [4.69, 9.17) is 4.55 Å². The largest absolute Gasteiger partial charge is 0.314 e. The molecule has 1 fully saturated rings. The molecule has 4 nitrogen and oxygen atoms in total. The third-order valence-electron chi connectivity index (χ3n) is 2.31. The van der Waals surface area contributed by atoms with Crippen molar-refractivity contribution < 1.29 is 8.76 Å². The minimum atomic E-state index is -1.78. The van der Waals surface area contributed by atoms with E-state index in [0.717, 1.165) is 26.2 Å². The standard InChI is InChI=1S/C7H16N2O2S/c1-7(2,12(10)11)9-5-3-8-4-6-9/h8H,3-6H2,1-2H3,(H,10,11). The summed E-state index contributed by atoms with van der Waals surface area (Å²) in [6.45, 7) is 7.10. The van der Waals surface area contributed by atoms with Crippen LogP contribution in [0.4, 0.5) is 0 Å². The van der Waals surface area contributed by atoms with Crippen LogP contribution < -0.4 is 5.32 Å². The minimum Gasteiger partial charge on any atom is -0.314 e. The molecule has 1 saturated heterocycles. The summed E-state index contributed by atoms with van der Waals surface area (Å²) in [5.41, 5.74) is 0. The zero-order valence-corrected chi connectivity index (χ0v) is 8.36. The van der Waals surface area contributed by atoms with Crippen molar-refractivity contribution in [1.82, 2.24) is 10.2 Å². The summed E-state index contributed by atoms with van der Waals surface area (Å²) in [5, 5.41) is 3.20. The van der Waals surface area contributed by atoms with Crippen LogP contribution in [0, 0.1) is 0 Å². The summed E-state index contributed by atoms with van der Waals surface area (Å²) in [6, 6.07) is 0. The van der Waals surface area contributed by atoms with E-state index in [-0.39, 0.29) is 0 Å². The Morgan fingerprint density at radius 1 is 1.42 bits per heavy atom. The number of nitrogens with zero attached hydrogens (tertiary/aromatic N) is 1. The predicted molar refractivity (Wildman–Crippen MR) is 49.3 cm³/mol. The van der Waals surface area contributed by atoms with E-state index in [1.807, 2.05) is 4.90 Å². The van der Waals surface area contributed by atoms with Gasteiger partial charge in [0.25, 0.3) is 0 Å². The number of piperazine rings is 1. The van der Waals surface area contributed by atoms with Crippen LogP contribution in [0.1, 0.15) is 13.8 Å². The highest BCUT2D eigenvalue weighted by Crippen LogP contribution is 2.17. The first-order valence-electron chi connectivity index (χ1n) is 4.12. The van der Waals surface area contributed by atoms with Gasteiger partial charge in [-0.05, 0) is 13.8 Å². The molecule has 0 aliphatic carbocycles. The van der Waals surface area contributed by atoms with E-state index in [9.17, 15) is 4.21 Å². The second-order valence-corrected chi connectivity index (χ2v) is 4.93. The number of hydrogen-bond acceptors (Lipinski definition) is 3. The molecule has 0 bridgehead atoms. The van der Waals surface area contributed by atoms with Gasteiger partial charge in [0.15, 0.2) is 11.1 Å². The Labute approximate surface area is 75.6 Å². The molecule has 5 heteroatoms. The van der Waals surface area contributed by atoms with Crippen LogP contribution in [0.25, 0.3) is 0 Å². The summed E-state index contributed by atoms with van der Waals surface area (Å²) in [5.74, 6) is 0. The van der Waals surface area contributed by atoms with E-state index in [1.165, 1.54) is 0 Å². The Morgan fingerprint density at radius 3 is 2.33 bits per heavy atom. The van der Waals surface area contributed by atoms with E-state index in [1.54, 1.807) is 13.8 Å². The molecule has 0 spiro atoms. The fourth-order valence-electron chi connectivity index (χ4n) is 1.31. The van der Waals surface area contributed by atoms with Crippen molar-refractivity contribution in [2.45, 2.75) is 18.7 Å². The third kappa shape index (κ3) is 2.04. The van der Waals surface area contributed by atoms with Gasteiger partial charge in [-0.3, -0.25) is 4.90 Å². The zero-order chi connectivity index (χ0) is 9.19. The van der Waals surface area contributed by atoms with Gasteiger partial charge in [-0.1, -0.05) is 0 Å². The van der Waals surface area contributed by atoms with Crippen LogP contribution in [-0.2, 0) is 11.1 Å². The summed E-state index contributed by atoms with van der Waals surface area (Å²) in [4.78, 5) is 1.43. The van der Waals surface area contributed by atoms with Gasteiger partial charge < -0.3 is 9.87 Å². The Morgan fingerprint density at radius 2 is 1.92 bits per heavy atom. The lowest BCUT2D eigenvalue weighted by molar-refractivity contribution is 0.162. The molecule has 1 aliphatic rings. The molecule has 0 amide bonds. The fraction of sp³-hybridized carbons (Fsp3) is 1.00. The van der Waals surface area contributed by atoms with E-state index in [0.29, 0.717) is 0 Å². The summed E-state index contributed by atoms with van der Waals surface area (Å²) in [6.07, 6.45) is 0. The van der Waals surface area contributed by atoms with Crippen molar-refractivity contribution in [3.05, 3.63) is 0 Å². The lowest BCUT2D eigenvalue weighted by Crippen LogP contribution is -2.55. The van der Waals surface area contributed by atoms with Crippen LogP contribution in [-0.4, -0.2) is 44.7 Å². The Balaban J connectivity index is 2.59. The van der Waals surface area contributed by atoms with Crippen LogP contribution in [0.3, 0.4) is 0 Å². The van der Waals surface area contributed by atoms with Gasteiger partial charge in [0, 0.05) is 26.2 Å². The summed E-state index contributed by atoms with van der Waals surface area (Å²) >= 11 is -1.78. The lowest BCUT2D eigenvalue weighted by atomic mass is 10.2. The van der Waals surface area contributed by atoms with Gasteiger partial charge in [0.05, 0.1) is 0 Å². The highest BCUT2D eigenvalue weighted by molar-refractivity contribution is 7.80. The predicted octanol–water partition coefficient (Wildman–Crippen LogP) is -0.151. The quantitative estimate of drug-likeness (QED) is 0.597. The van der Waals surface area contributed by atoms with Crippen molar-refractivity contribution in [1.29, 1.82) is 0 Å². The van der Waals surface area contributed by atoms with E-state index < -0.39 is 16.0 Å². The Kier molecular flexibility index (Phi) is 3.22. The molecule has 0 aromatic rings. The molecular formula is C7H16N2O2S. The molecule has 12 heavy (non-hydrogen) atoms. The van der Waals surface area contributed by atoms with Crippen molar-refractivity contribution >= 4 is 11.1 Å². The summed E-state index contributed by atoms with van der Waals surface area (Å²) < 4.78 is 20.0. The molecular weight excluding hydrogens is 176 g/mol. The molecule has 1 unspecified atom stereocenters. The lowest BCUT2D eigenvalue weighted by Gasteiger charge is -2.38. The maximum Gasteiger partial charge on any atom is 0.173 e. The monoisotopic (exact) mass is 192 g/mol. The normalized spacial score (nSPS) is 23.9. The SMILES string of the molecule is CC(C)(N1CCNCC1)S(=O)O. The van der Waals surface area contributed by atoms with Crippen molar-refractivity contribution in [2.24, 2.45) is 0 Å². The maximum atomic E-state index is 11.0. The maximum absolute atomic E-state index is 11.0. The first-order chi connectivity index (χ1) is 5.55. The second kappa shape index (κ2) is 3.83. The fourth-order valence-corrected chi connectivity index (χ4v) is 1.72. The average molecular weight is 192 g/mol. The van der Waals surface area contributed by atoms with Crippen molar-refractivity contribution in [3.63, 3.8) is 0 Å². The number of nitrogens with one attached hydrogen (secondary N) is 1. The molecule has 0 aromatic carbocycles. The average Bonchev–Trinajstić information content (AvgIpc) is 2.06. The van der Waals surface area contributed by atoms with Crippen molar-refractivity contribution in [2.75, 3.05) is 26.2 Å². The zero-order valence-electron chi connectivity index (χ0n) is 7.54. The van der Waals surface area contributed by atoms with E-state index >= 15 is 0 Å². The first-order valence-corrected chi connectivity index (χ1v) is 5.22. The molecule has 2 N–H and O–H groups in total. The topological polar surface area (TPSA) is 52.6 Å². The highest BCUT2D eigenvalue weighted by Gasteiger charge is 2.33. The van der Waals surface area contributed by atoms with Gasteiger partial charge >= 0.3 is 0 Å². The van der Waals surface area contributed by atoms with Gasteiger partial charge in [-0.2, -0.15) is 0 Å². The number of hydrogen-bond donors (Lipinski definition) is 2. The van der Waals surface area contributed by atoms with Crippen LogP contribution in [0.5, 0.6) is 0 Å². The Bertz CT molecular complexity index is 178. The highest BCUT2D eigenvalue weighted by atomic mass is 32.2. The van der Waals surface area contributed by atoms with E-state index in [2.05, 4.69) is 5.32 Å². The smallest absolute Gasteiger partial charge is 0.173 e. The van der Waals surface area contributed by atoms with Crippen LogP contribution in [0.2, 0.25) is 0 Å². The molecule has 1 heterocycles. The van der Waals surface area contributed by atoms with Crippen LogP contribution >= 0.6 is 0 Å². The van der Waals surface area contributed by atoms with Gasteiger partial charge in [0.1, 0.15) is 4.87 Å². The molecule has 1 rings (SSSR count). The molecule has 72 valence electrons. The first kappa shape index (κ1) is 10.1. The third-order valence-corrected chi connectivity index (χ3v) is 3.42. The molecule has 1 atom stereocenters. The minimum absolute atomic E-state index is 0.609. The van der Waals surface area contributed by atoms with Gasteiger partial charge in [0.2, 0.25) is 0 Å². The molecule has 0 aromatic heterocycles. The molecule has 0 saturated carbocycles. The summed E-state index contributed by atoms with van der Waals surface area (Å²) in [7, 11) is 0.